The zero-order valence-electron chi connectivity index (χ0n) is 11.8. The quantitative estimate of drug-likeness (QED) is 0.656. The Bertz CT molecular complexity index is 473. The summed E-state index contributed by atoms with van der Waals surface area (Å²) in [7, 11) is 0. The lowest BCUT2D eigenvalue weighted by molar-refractivity contribution is 0.410. The summed E-state index contributed by atoms with van der Waals surface area (Å²) < 4.78 is 28.5. The fraction of sp³-hybridized carbons (Fsp3) is 0.533. The van der Waals surface area contributed by atoms with E-state index < -0.39 is 11.6 Å². The Labute approximate surface area is 118 Å². The molecule has 1 aliphatic carbocycles. The van der Waals surface area contributed by atoms with Crippen molar-refractivity contribution in [2.45, 2.75) is 45.1 Å². The molecule has 0 radical (unpaired) electrons. The molecular formula is C15H21F2N3. The molecule has 0 atom stereocenters. The molecule has 0 aromatic heterocycles. The van der Waals surface area contributed by atoms with E-state index in [9.17, 15) is 8.78 Å². The molecule has 0 bridgehead atoms. The molecule has 1 aliphatic rings. The number of nitrogens with one attached hydrogen (secondary N) is 1. The van der Waals surface area contributed by atoms with Crippen LogP contribution in [0.5, 0.6) is 0 Å². The largest absolute Gasteiger partial charge is 0.384 e. The van der Waals surface area contributed by atoms with E-state index in [-0.39, 0.29) is 23.1 Å². The number of nitrogens with zero attached hydrogens (tertiary/aromatic N) is 1. The van der Waals surface area contributed by atoms with Crippen LogP contribution in [0.1, 0.15) is 44.6 Å². The van der Waals surface area contributed by atoms with Crippen LogP contribution in [-0.4, -0.2) is 18.4 Å². The Hall–Kier alpha value is -1.65. The van der Waals surface area contributed by atoms with Crippen molar-refractivity contribution in [1.82, 2.24) is 0 Å². The van der Waals surface area contributed by atoms with Crippen LogP contribution in [0.3, 0.4) is 0 Å². The van der Waals surface area contributed by atoms with Crippen molar-refractivity contribution in [3.8, 4) is 0 Å². The monoisotopic (exact) mass is 281 g/mol. The number of anilines is 1. The summed E-state index contributed by atoms with van der Waals surface area (Å²) >= 11 is 0. The van der Waals surface area contributed by atoms with Gasteiger partial charge in [-0.15, -0.1) is 0 Å². The first-order chi connectivity index (χ1) is 9.54. The Morgan fingerprint density at radius 1 is 1.25 bits per heavy atom. The van der Waals surface area contributed by atoms with E-state index in [0.717, 1.165) is 37.8 Å². The highest BCUT2D eigenvalue weighted by molar-refractivity contribution is 5.95. The number of nitrogen functional groups attached to an aromatic ring is 1. The van der Waals surface area contributed by atoms with Crippen LogP contribution in [0.15, 0.2) is 12.1 Å². The molecule has 0 saturated heterocycles. The summed E-state index contributed by atoms with van der Waals surface area (Å²) in [5.74, 6) is -1.60. The normalized spacial score (nSPS) is 16.1. The van der Waals surface area contributed by atoms with Crippen LogP contribution in [0, 0.1) is 17.0 Å². The lowest BCUT2D eigenvalue weighted by atomic mass is 9.93. The summed E-state index contributed by atoms with van der Waals surface area (Å²) in [6.45, 7) is 2.48. The molecule has 0 aliphatic heterocycles. The highest BCUT2D eigenvalue weighted by atomic mass is 19.1. The summed E-state index contributed by atoms with van der Waals surface area (Å²) in [6, 6.07) is 2.49. The predicted molar refractivity (Wildman–Crippen MR) is 77.3 cm³/mol. The molecule has 5 heteroatoms. The van der Waals surface area contributed by atoms with Crippen LogP contribution in [0.2, 0.25) is 0 Å². The van der Waals surface area contributed by atoms with Gasteiger partial charge < -0.3 is 10.6 Å². The molecule has 1 aromatic carbocycles. The minimum Gasteiger partial charge on any atom is -0.384 e. The molecular weight excluding hydrogens is 260 g/mol. The fourth-order valence-corrected chi connectivity index (χ4v) is 2.99. The third kappa shape index (κ3) is 2.92. The SMILES string of the molecule is CCN(c1c(F)cc(C(=N)N)cc1F)C1CCCCC1. The molecule has 1 aromatic rings. The number of rotatable bonds is 4. The Kier molecular flexibility index (Phi) is 4.57. The van der Waals surface area contributed by atoms with Crippen molar-refractivity contribution in [1.29, 1.82) is 5.41 Å². The summed E-state index contributed by atoms with van der Waals surface area (Å²) in [6.07, 6.45) is 5.36. The van der Waals surface area contributed by atoms with E-state index in [4.69, 9.17) is 11.1 Å². The lowest BCUT2D eigenvalue weighted by Crippen LogP contribution is -2.38. The fourth-order valence-electron chi connectivity index (χ4n) is 2.99. The average molecular weight is 281 g/mol. The third-order valence-corrected chi connectivity index (χ3v) is 3.97. The van der Waals surface area contributed by atoms with Crippen molar-refractivity contribution < 1.29 is 8.78 Å². The second-order valence-electron chi connectivity index (χ2n) is 5.28. The Balaban J connectivity index is 2.36. The van der Waals surface area contributed by atoms with Crippen molar-refractivity contribution in [2.24, 2.45) is 5.73 Å². The van der Waals surface area contributed by atoms with Crippen molar-refractivity contribution in [3.05, 3.63) is 29.3 Å². The van der Waals surface area contributed by atoms with Crippen LogP contribution >= 0.6 is 0 Å². The molecule has 0 unspecified atom stereocenters. The predicted octanol–water partition coefficient (Wildman–Crippen LogP) is 3.41. The standard InChI is InChI=1S/C15H21F2N3/c1-2-20(11-6-4-3-5-7-11)14-12(16)8-10(15(18)19)9-13(14)17/h8-9,11H,2-7H2,1H3,(H3,18,19). The molecule has 3 nitrogen and oxygen atoms in total. The minimum atomic E-state index is -0.636. The zero-order valence-corrected chi connectivity index (χ0v) is 11.8. The molecule has 20 heavy (non-hydrogen) atoms. The molecule has 3 N–H and O–H groups in total. The van der Waals surface area contributed by atoms with Crippen LogP contribution in [0.4, 0.5) is 14.5 Å². The first kappa shape index (κ1) is 14.8. The molecule has 110 valence electrons. The maximum absolute atomic E-state index is 14.2. The number of halogens is 2. The Morgan fingerprint density at radius 2 is 1.80 bits per heavy atom. The van der Waals surface area contributed by atoms with Gasteiger partial charge in [0.15, 0.2) is 0 Å². The molecule has 1 saturated carbocycles. The topological polar surface area (TPSA) is 53.1 Å². The van der Waals surface area contributed by atoms with Gasteiger partial charge in [0, 0.05) is 18.2 Å². The highest BCUT2D eigenvalue weighted by Gasteiger charge is 2.25. The number of hydrogen-bond acceptors (Lipinski definition) is 2. The van der Waals surface area contributed by atoms with Gasteiger partial charge in [0.1, 0.15) is 23.2 Å². The molecule has 0 amide bonds. The first-order valence-electron chi connectivity index (χ1n) is 7.14. The summed E-state index contributed by atoms with van der Waals surface area (Å²) in [5, 5.41) is 7.28. The zero-order chi connectivity index (χ0) is 14.7. The second kappa shape index (κ2) is 6.20. The van der Waals surface area contributed by atoms with Crippen LogP contribution in [-0.2, 0) is 0 Å². The summed E-state index contributed by atoms with van der Waals surface area (Å²) in [5.41, 5.74) is 5.39. The number of benzene rings is 1. The average Bonchev–Trinajstić information content (AvgIpc) is 2.43. The third-order valence-electron chi connectivity index (χ3n) is 3.97. The highest BCUT2D eigenvalue weighted by Crippen LogP contribution is 2.31. The van der Waals surface area contributed by atoms with Gasteiger partial charge in [0.25, 0.3) is 0 Å². The van der Waals surface area contributed by atoms with E-state index in [1.165, 1.54) is 6.42 Å². The number of amidine groups is 1. The number of nitrogens with two attached hydrogens (primary N) is 1. The lowest BCUT2D eigenvalue weighted by Gasteiger charge is -2.35. The van der Waals surface area contributed by atoms with Crippen molar-refractivity contribution >= 4 is 11.5 Å². The van der Waals surface area contributed by atoms with Gasteiger partial charge in [-0.3, -0.25) is 5.41 Å². The van der Waals surface area contributed by atoms with Crippen molar-refractivity contribution in [2.75, 3.05) is 11.4 Å². The maximum Gasteiger partial charge on any atom is 0.150 e. The van der Waals surface area contributed by atoms with Crippen LogP contribution < -0.4 is 10.6 Å². The molecule has 1 fully saturated rings. The Morgan fingerprint density at radius 3 is 2.25 bits per heavy atom. The second-order valence-corrected chi connectivity index (χ2v) is 5.28. The van der Waals surface area contributed by atoms with E-state index in [1.807, 2.05) is 11.8 Å². The molecule has 0 heterocycles. The number of hydrogen-bond donors (Lipinski definition) is 2. The van der Waals surface area contributed by atoms with Gasteiger partial charge >= 0.3 is 0 Å². The van der Waals surface area contributed by atoms with Gasteiger partial charge in [-0.2, -0.15) is 0 Å². The van der Waals surface area contributed by atoms with Gasteiger partial charge in [0.05, 0.1) is 0 Å². The van der Waals surface area contributed by atoms with E-state index in [1.54, 1.807) is 0 Å². The maximum atomic E-state index is 14.2. The van der Waals surface area contributed by atoms with Gasteiger partial charge in [0.2, 0.25) is 0 Å². The molecule has 0 spiro atoms. The van der Waals surface area contributed by atoms with E-state index >= 15 is 0 Å². The van der Waals surface area contributed by atoms with Gasteiger partial charge in [-0.05, 0) is 31.9 Å². The van der Waals surface area contributed by atoms with Gasteiger partial charge in [-0.25, -0.2) is 8.78 Å². The summed E-state index contributed by atoms with van der Waals surface area (Å²) in [4.78, 5) is 1.81. The smallest absolute Gasteiger partial charge is 0.150 e. The minimum absolute atomic E-state index is 0.0180. The van der Waals surface area contributed by atoms with E-state index in [0.29, 0.717) is 6.54 Å². The van der Waals surface area contributed by atoms with Crippen LogP contribution in [0.25, 0.3) is 0 Å². The van der Waals surface area contributed by atoms with E-state index in [2.05, 4.69) is 0 Å². The van der Waals surface area contributed by atoms with Gasteiger partial charge in [-0.1, -0.05) is 19.3 Å². The van der Waals surface area contributed by atoms with Crippen molar-refractivity contribution in [3.63, 3.8) is 0 Å². The first-order valence-corrected chi connectivity index (χ1v) is 7.14. The molecule has 2 rings (SSSR count).